The van der Waals surface area contributed by atoms with Crippen LogP contribution in [-0.2, 0) is 21.1 Å². The van der Waals surface area contributed by atoms with Gasteiger partial charge in [-0.1, -0.05) is 17.5 Å². The lowest BCUT2D eigenvalue weighted by Gasteiger charge is -2.26. The van der Waals surface area contributed by atoms with E-state index >= 15 is 0 Å². The second kappa shape index (κ2) is 6.82. The first-order valence-corrected chi connectivity index (χ1v) is 9.60. The lowest BCUT2D eigenvalue weighted by molar-refractivity contribution is -0.132. The fourth-order valence-electron chi connectivity index (χ4n) is 2.40. The lowest BCUT2D eigenvalue weighted by atomic mass is 10.1. The number of aryl methyl sites for hydroxylation is 1. The summed E-state index contributed by atoms with van der Waals surface area (Å²) >= 11 is 7.30. The maximum atomic E-state index is 12.3. The fraction of sp³-hybridized carbons (Fsp3) is 0.500. The molecule has 0 aliphatic carbocycles. The number of rotatable bonds is 5. The predicted octanol–water partition coefficient (Wildman–Crippen LogP) is 1.98. The minimum absolute atomic E-state index is 0.0191. The number of terminal acetylenes is 1. The van der Waals surface area contributed by atoms with E-state index < -0.39 is 9.84 Å². The number of halogens is 1. The first-order valence-electron chi connectivity index (χ1n) is 6.59. The van der Waals surface area contributed by atoms with Crippen LogP contribution in [-0.4, -0.2) is 43.3 Å². The van der Waals surface area contributed by atoms with Crippen LogP contribution < -0.4 is 0 Å². The smallest absolute Gasteiger partial charge is 0.223 e. The Morgan fingerprint density at radius 1 is 1.52 bits per heavy atom. The molecule has 0 aromatic carbocycles. The largest absolute Gasteiger partial charge is 0.328 e. The van der Waals surface area contributed by atoms with Crippen molar-refractivity contribution in [3.05, 3.63) is 21.3 Å². The van der Waals surface area contributed by atoms with Gasteiger partial charge in [-0.2, -0.15) is 0 Å². The van der Waals surface area contributed by atoms with Gasteiger partial charge in [0.2, 0.25) is 5.91 Å². The highest BCUT2D eigenvalue weighted by Gasteiger charge is 2.34. The molecule has 1 aliphatic heterocycles. The zero-order valence-corrected chi connectivity index (χ0v) is 13.8. The Labute approximate surface area is 134 Å². The van der Waals surface area contributed by atoms with Gasteiger partial charge in [0.15, 0.2) is 9.84 Å². The van der Waals surface area contributed by atoms with Gasteiger partial charge in [0.1, 0.15) is 0 Å². The summed E-state index contributed by atoms with van der Waals surface area (Å²) < 4.78 is 23.8. The van der Waals surface area contributed by atoms with Crippen LogP contribution in [0, 0.1) is 12.3 Å². The van der Waals surface area contributed by atoms with Gasteiger partial charge in [-0.15, -0.1) is 17.8 Å². The van der Waals surface area contributed by atoms with Crippen molar-refractivity contribution >= 4 is 38.7 Å². The first-order chi connectivity index (χ1) is 9.91. The number of carbonyl (C=O) groups excluding carboxylic acids is 1. The highest BCUT2D eigenvalue weighted by molar-refractivity contribution is 7.91. The summed E-state index contributed by atoms with van der Waals surface area (Å²) in [5.41, 5.74) is 0. The number of sulfone groups is 1. The van der Waals surface area contributed by atoms with Gasteiger partial charge < -0.3 is 4.90 Å². The zero-order chi connectivity index (χ0) is 15.5. The molecule has 2 heterocycles. The maximum Gasteiger partial charge on any atom is 0.223 e. The molecule has 1 fully saturated rings. The van der Waals surface area contributed by atoms with Crippen molar-refractivity contribution in [3.63, 3.8) is 0 Å². The number of carbonyl (C=O) groups is 1. The molecule has 4 nitrogen and oxygen atoms in total. The molecule has 1 aromatic heterocycles. The number of hydrogen-bond donors (Lipinski definition) is 0. The molecule has 1 aliphatic rings. The topological polar surface area (TPSA) is 54.5 Å². The van der Waals surface area contributed by atoms with Crippen molar-refractivity contribution in [1.82, 2.24) is 4.90 Å². The molecule has 0 saturated carbocycles. The third-order valence-corrected chi connectivity index (χ3v) is 6.49. The van der Waals surface area contributed by atoms with Crippen LogP contribution in [0.15, 0.2) is 12.1 Å². The van der Waals surface area contributed by atoms with Crippen LogP contribution >= 0.6 is 22.9 Å². The third-order valence-electron chi connectivity index (χ3n) is 3.45. The summed E-state index contributed by atoms with van der Waals surface area (Å²) in [6, 6.07) is 3.41. The Balaban J connectivity index is 1.98. The van der Waals surface area contributed by atoms with E-state index in [4.69, 9.17) is 18.0 Å². The molecule has 21 heavy (non-hydrogen) atoms. The monoisotopic (exact) mass is 345 g/mol. The lowest BCUT2D eigenvalue weighted by Crippen LogP contribution is -2.41. The molecule has 1 amide bonds. The van der Waals surface area contributed by atoms with Crippen molar-refractivity contribution in [2.45, 2.75) is 25.3 Å². The molecule has 1 saturated heterocycles. The van der Waals surface area contributed by atoms with E-state index in [9.17, 15) is 13.2 Å². The van der Waals surface area contributed by atoms with E-state index in [1.165, 1.54) is 16.2 Å². The summed E-state index contributed by atoms with van der Waals surface area (Å²) in [5, 5.41) is 0. The van der Waals surface area contributed by atoms with Crippen molar-refractivity contribution < 1.29 is 13.2 Å². The van der Waals surface area contributed by atoms with E-state index in [-0.39, 0.29) is 30.0 Å². The molecule has 0 radical (unpaired) electrons. The van der Waals surface area contributed by atoms with E-state index in [2.05, 4.69) is 5.92 Å². The molecular weight excluding hydrogens is 330 g/mol. The van der Waals surface area contributed by atoms with Gasteiger partial charge in [-0.25, -0.2) is 8.42 Å². The van der Waals surface area contributed by atoms with Crippen LogP contribution in [0.3, 0.4) is 0 Å². The minimum atomic E-state index is -3.03. The van der Waals surface area contributed by atoms with Gasteiger partial charge in [-0.05, 0) is 25.0 Å². The fourth-order valence-corrected chi connectivity index (χ4v) is 5.22. The molecule has 0 N–H and O–H groups in total. The number of nitrogens with zero attached hydrogens (tertiary/aromatic N) is 1. The number of amides is 1. The average molecular weight is 346 g/mol. The summed E-state index contributed by atoms with van der Waals surface area (Å²) in [6.07, 6.45) is 6.69. The van der Waals surface area contributed by atoms with Crippen molar-refractivity contribution in [2.24, 2.45) is 0 Å². The third kappa shape index (κ3) is 4.47. The van der Waals surface area contributed by atoms with Gasteiger partial charge in [0.25, 0.3) is 0 Å². The van der Waals surface area contributed by atoms with Gasteiger partial charge in [0.05, 0.1) is 22.4 Å². The maximum absolute atomic E-state index is 12.3. The van der Waals surface area contributed by atoms with Crippen LogP contribution in [0.5, 0.6) is 0 Å². The highest BCUT2D eigenvalue weighted by atomic mass is 35.5. The van der Waals surface area contributed by atoms with Crippen molar-refractivity contribution in [2.75, 3.05) is 18.1 Å². The van der Waals surface area contributed by atoms with Crippen molar-refractivity contribution in [3.8, 4) is 12.3 Å². The minimum Gasteiger partial charge on any atom is -0.328 e. The normalized spacial score (nSPS) is 20.1. The van der Waals surface area contributed by atoms with E-state index in [0.29, 0.717) is 23.6 Å². The average Bonchev–Trinajstić information content (AvgIpc) is 2.99. The van der Waals surface area contributed by atoms with Crippen LogP contribution in [0.4, 0.5) is 0 Å². The predicted molar refractivity (Wildman–Crippen MR) is 85.3 cm³/mol. The SMILES string of the molecule is C#CCN(C(=O)CCc1ccc(Cl)s1)[C@H]1CCS(=O)(=O)C1. The molecule has 1 aromatic rings. The summed E-state index contributed by atoms with van der Waals surface area (Å²) in [6.45, 7) is 0.157. The van der Waals surface area contributed by atoms with Crippen LogP contribution in [0.1, 0.15) is 17.7 Å². The molecule has 0 spiro atoms. The Morgan fingerprint density at radius 3 is 2.81 bits per heavy atom. The standard InChI is InChI=1S/C14H16ClNO3S2/c1-2-8-16(11-7-9-21(18,19)10-11)14(17)6-4-12-3-5-13(15)20-12/h1,3,5,11H,4,6-10H2/t11-/m0/s1. The summed E-state index contributed by atoms with van der Waals surface area (Å²) in [4.78, 5) is 14.9. The second-order valence-electron chi connectivity index (χ2n) is 4.99. The second-order valence-corrected chi connectivity index (χ2v) is 9.02. The molecule has 114 valence electrons. The van der Waals surface area contributed by atoms with Gasteiger partial charge in [0, 0.05) is 17.3 Å². The molecule has 7 heteroatoms. The van der Waals surface area contributed by atoms with Gasteiger partial charge >= 0.3 is 0 Å². The Hall–Kier alpha value is -1.03. The Morgan fingerprint density at radius 2 is 2.29 bits per heavy atom. The van der Waals surface area contributed by atoms with Crippen LogP contribution in [0.25, 0.3) is 0 Å². The first kappa shape index (κ1) is 16.3. The molecule has 2 rings (SSSR count). The molecule has 0 unspecified atom stereocenters. The van der Waals surface area contributed by atoms with Gasteiger partial charge in [-0.3, -0.25) is 4.79 Å². The van der Waals surface area contributed by atoms with Crippen LogP contribution in [0.2, 0.25) is 4.34 Å². The van der Waals surface area contributed by atoms with E-state index in [0.717, 1.165) is 4.88 Å². The summed E-state index contributed by atoms with van der Waals surface area (Å²) in [7, 11) is -3.03. The molecule has 1 atom stereocenters. The quantitative estimate of drug-likeness (QED) is 0.767. The molecular formula is C14H16ClNO3S2. The molecule has 0 bridgehead atoms. The number of hydrogen-bond acceptors (Lipinski definition) is 4. The zero-order valence-electron chi connectivity index (χ0n) is 11.4. The number of thiophene rings is 1. The highest BCUT2D eigenvalue weighted by Crippen LogP contribution is 2.23. The van der Waals surface area contributed by atoms with Crippen molar-refractivity contribution in [1.29, 1.82) is 0 Å². The Kier molecular flexibility index (Phi) is 5.31. The Bertz CT molecular complexity index is 660. The summed E-state index contributed by atoms with van der Waals surface area (Å²) in [5.74, 6) is 2.50. The van der Waals surface area contributed by atoms with E-state index in [1.54, 1.807) is 6.07 Å². The van der Waals surface area contributed by atoms with E-state index in [1.807, 2.05) is 6.07 Å².